The summed E-state index contributed by atoms with van der Waals surface area (Å²) in [6.07, 6.45) is 6.02. The lowest BCUT2D eigenvalue weighted by Gasteiger charge is -2.40. The maximum atomic E-state index is 11.0. The summed E-state index contributed by atoms with van der Waals surface area (Å²) in [7, 11) is 0. The molecule has 1 N–H and O–H groups in total. The van der Waals surface area contributed by atoms with Gasteiger partial charge in [0.1, 0.15) is 5.60 Å². The molecule has 0 radical (unpaired) electrons. The highest BCUT2D eigenvalue weighted by molar-refractivity contribution is 5.28. The molecule has 0 aromatic heterocycles. The summed E-state index contributed by atoms with van der Waals surface area (Å²) in [5.41, 5.74) is -0.841. The molecule has 1 fully saturated rings. The van der Waals surface area contributed by atoms with Crippen LogP contribution in [0.15, 0.2) is 30.3 Å². The van der Waals surface area contributed by atoms with E-state index >= 15 is 0 Å². The Hall–Kier alpha value is -1.33. The van der Waals surface area contributed by atoms with Crippen molar-refractivity contribution in [2.75, 3.05) is 0 Å². The molecule has 2 rings (SSSR count). The molecule has 1 unspecified atom stereocenters. The van der Waals surface area contributed by atoms with Gasteiger partial charge in [0, 0.05) is 0 Å². The van der Waals surface area contributed by atoms with Crippen LogP contribution < -0.4 is 0 Å². The Morgan fingerprint density at radius 3 is 2.17 bits per heavy atom. The zero-order valence-electron chi connectivity index (χ0n) is 11.0. The minimum Gasteiger partial charge on any atom is -0.384 e. The van der Waals surface area contributed by atoms with Gasteiger partial charge in [-0.3, -0.25) is 0 Å². The van der Waals surface area contributed by atoms with Crippen LogP contribution in [0.5, 0.6) is 0 Å². The molecular weight excluding hydrogens is 222 g/mol. The van der Waals surface area contributed by atoms with E-state index in [4.69, 9.17) is 0 Å². The van der Waals surface area contributed by atoms with E-state index in [0.29, 0.717) is 0 Å². The van der Waals surface area contributed by atoms with Crippen molar-refractivity contribution in [2.24, 2.45) is 5.41 Å². The SMILES string of the molecule is CC(O)(c1ccccc1)C1(C#N)CCCCCC1. The highest BCUT2D eigenvalue weighted by Crippen LogP contribution is 2.48. The van der Waals surface area contributed by atoms with Crippen LogP contribution in [0.4, 0.5) is 0 Å². The van der Waals surface area contributed by atoms with Crippen LogP contribution in [0.2, 0.25) is 0 Å². The van der Waals surface area contributed by atoms with Gasteiger partial charge >= 0.3 is 0 Å². The van der Waals surface area contributed by atoms with Gasteiger partial charge in [0.25, 0.3) is 0 Å². The van der Waals surface area contributed by atoms with E-state index in [1.807, 2.05) is 30.3 Å². The zero-order valence-corrected chi connectivity index (χ0v) is 11.0. The maximum Gasteiger partial charge on any atom is 0.105 e. The summed E-state index contributed by atoms with van der Waals surface area (Å²) >= 11 is 0. The Labute approximate surface area is 109 Å². The number of benzene rings is 1. The molecule has 0 aliphatic heterocycles. The van der Waals surface area contributed by atoms with E-state index in [1.165, 1.54) is 12.8 Å². The molecule has 1 aliphatic rings. The fourth-order valence-electron chi connectivity index (χ4n) is 3.08. The summed E-state index contributed by atoms with van der Waals surface area (Å²) < 4.78 is 0. The average molecular weight is 243 g/mol. The van der Waals surface area contributed by atoms with Crippen molar-refractivity contribution in [3.8, 4) is 6.07 Å². The third-order valence-electron chi connectivity index (χ3n) is 4.44. The molecule has 0 amide bonds. The minimum atomic E-state index is -1.06. The van der Waals surface area contributed by atoms with Crippen molar-refractivity contribution in [1.29, 1.82) is 5.26 Å². The number of nitrogens with zero attached hydrogens (tertiary/aromatic N) is 1. The molecule has 1 saturated carbocycles. The molecule has 0 spiro atoms. The van der Waals surface area contributed by atoms with Crippen molar-refractivity contribution >= 4 is 0 Å². The number of hydrogen-bond donors (Lipinski definition) is 1. The molecule has 0 heterocycles. The average Bonchev–Trinajstić information content (AvgIpc) is 2.66. The monoisotopic (exact) mass is 243 g/mol. The smallest absolute Gasteiger partial charge is 0.105 e. The van der Waals surface area contributed by atoms with Crippen LogP contribution in [0, 0.1) is 16.7 Å². The molecule has 18 heavy (non-hydrogen) atoms. The van der Waals surface area contributed by atoms with Gasteiger partial charge in [-0.05, 0) is 25.3 Å². The highest BCUT2D eigenvalue weighted by atomic mass is 16.3. The number of hydrogen-bond acceptors (Lipinski definition) is 2. The van der Waals surface area contributed by atoms with Gasteiger partial charge < -0.3 is 5.11 Å². The third-order valence-corrected chi connectivity index (χ3v) is 4.44. The van der Waals surface area contributed by atoms with Gasteiger partial charge in [0.2, 0.25) is 0 Å². The number of nitriles is 1. The van der Waals surface area contributed by atoms with Crippen LogP contribution in [-0.4, -0.2) is 5.11 Å². The van der Waals surface area contributed by atoms with E-state index in [2.05, 4.69) is 6.07 Å². The molecule has 0 bridgehead atoms. The highest BCUT2D eigenvalue weighted by Gasteiger charge is 2.48. The molecule has 1 aromatic carbocycles. The van der Waals surface area contributed by atoms with Gasteiger partial charge in [0.05, 0.1) is 11.5 Å². The van der Waals surface area contributed by atoms with Crippen LogP contribution in [0.1, 0.15) is 51.0 Å². The first-order valence-corrected chi connectivity index (χ1v) is 6.82. The molecule has 0 saturated heterocycles. The Kier molecular flexibility index (Phi) is 3.73. The van der Waals surface area contributed by atoms with Gasteiger partial charge in [-0.1, -0.05) is 56.0 Å². The molecule has 2 heteroatoms. The summed E-state index contributed by atoms with van der Waals surface area (Å²) in [5.74, 6) is 0. The lowest BCUT2D eigenvalue weighted by Crippen LogP contribution is -2.42. The van der Waals surface area contributed by atoms with Crippen LogP contribution in [0.25, 0.3) is 0 Å². The predicted molar refractivity (Wildman–Crippen MR) is 71.8 cm³/mol. The Morgan fingerprint density at radius 1 is 1.11 bits per heavy atom. The van der Waals surface area contributed by atoms with E-state index in [-0.39, 0.29) is 0 Å². The summed E-state index contributed by atoms with van der Waals surface area (Å²) in [6.45, 7) is 1.80. The first kappa shape index (κ1) is 13.1. The van der Waals surface area contributed by atoms with Crippen molar-refractivity contribution in [3.63, 3.8) is 0 Å². The minimum absolute atomic E-state index is 0.634. The largest absolute Gasteiger partial charge is 0.384 e. The lowest BCUT2D eigenvalue weighted by molar-refractivity contribution is -0.0533. The van der Waals surface area contributed by atoms with Gasteiger partial charge in [-0.15, -0.1) is 0 Å². The Balaban J connectivity index is 2.39. The molecule has 2 nitrogen and oxygen atoms in total. The first-order chi connectivity index (χ1) is 8.62. The quantitative estimate of drug-likeness (QED) is 0.804. The lowest BCUT2D eigenvalue weighted by atomic mass is 9.66. The van der Waals surface area contributed by atoms with Gasteiger partial charge in [-0.25, -0.2) is 0 Å². The third kappa shape index (κ3) is 2.15. The van der Waals surface area contributed by atoms with Crippen molar-refractivity contribution < 1.29 is 5.11 Å². The standard InChI is InChI=1S/C16H21NO/c1-15(18,14-9-5-4-6-10-14)16(13-17)11-7-2-3-8-12-16/h4-6,9-10,18H,2-3,7-8,11-12H2,1H3. The van der Waals surface area contributed by atoms with Crippen molar-refractivity contribution in [1.82, 2.24) is 0 Å². The second-order valence-corrected chi connectivity index (χ2v) is 5.55. The summed E-state index contributed by atoms with van der Waals surface area (Å²) in [5, 5.41) is 20.6. The molecule has 1 atom stereocenters. The number of rotatable bonds is 2. The molecule has 1 aliphatic carbocycles. The number of aliphatic hydroxyl groups is 1. The molecule has 1 aromatic rings. The van der Waals surface area contributed by atoms with Crippen LogP contribution in [-0.2, 0) is 5.60 Å². The van der Waals surface area contributed by atoms with Gasteiger partial charge in [0.15, 0.2) is 0 Å². The van der Waals surface area contributed by atoms with E-state index < -0.39 is 11.0 Å². The second-order valence-electron chi connectivity index (χ2n) is 5.55. The normalized spacial score (nSPS) is 22.5. The second kappa shape index (κ2) is 5.12. The topological polar surface area (TPSA) is 44.0 Å². The Bertz CT molecular complexity index is 422. The van der Waals surface area contributed by atoms with Crippen LogP contribution >= 0.6 is 0 Å². The molecule has 96 valence electrons. The van der Waals surface area contributed by atoms with E-state index in [1.54, 1.807) is 6.92 Å². The Morgan fingerprint density at radius 2 is 1.67 bits per heavy atom. The molecular formula is C16H21NO. The fourth-order valence-corrected chi connectivity index (χ4v) is 3.08. The maximum absolute atomic E-state index is 11.0. The van der Waals surface area contributed by atoms with Crippen molar-refractivity contribution in [3.05, 3.63) is 35.9 Å². The predicted octanol–water partition coefficient (Wildman–Crippen LogP) is 3.76. The fraction of sp³-hybridized carbons (Fsp3) is 0.562. The van der Waals surface area contributed by atoms with E-state index in [0.717, 1.165) is 31.2 Å². The van der Waals surface area contributed by atoms with E-state index in [9.17, 15) is 10.4 Å². The zero-order chi connectivity index (χ0) is 13.1. The summed E-state index contributed by atoms with van der Waals surface area (Å²) in [6, 6.07) is 12.1. The van der Waals surface area contributed by atoms with Gasteiger partial charge in [-0.2, -0.15) is 5.26 Å². The van der Waals surface area contributed by atoms with Crippen molar-refractivity contribution in [2.45, 2.75) is 51.0 Å². The van der Waals surface area contributed by atoms with Crippen LogP contribution in [0.3, 0.4) is 0 Å². The summed E-state index contributed by atoms with van der Waals surface area (Å²) in [4.78, 5) is 0. The first-order valence-electron chi connectivity index (χ1n) is 6.82.